The smallest absolute Gasteiger partial charge is 0.303 e. The minimum Gasteiger partial charge on any atom is -0.481 e. The number of carbonyl (C=O) groups is 7. The normalized spacial score (nSPS) is 29.3. The Morgan fingerprint density at radius 1 is 0.596 bits per heavy atom. The highest BCUT2D eigenvalue weighted by Crippen LogP contribution is 2.33. The Kier molecular flexibility index (Phi) is 21.6. The molecule has 2 heterocycles. The number of alkyl halides is 1. The molecule has 0 bridgehead atoms. The lowest BCUT2D eigenvalue weighted by Crippen LogP contribution is -2.66. The lowest BCUT2D eigenvalue weighted by Gasteiger charge is -2.47. The summed E-state index contributed by atoms with van der Waals surface area (Å²) in [7, 11) is 0. The van der Waals surface area contributed by atoms with Crippen molar-refractivity contribution in [1.82, 2.24) is 0 Å². The summed E-state index contributed by atoms with van der Waals surface area (Å²) in [6.45, 7) is 6.06. The van der Waals surface area contributed by atoms with Gasteiger partial charge in [0.1, 0.15) is 37.1 Å². The van der Waals surface area contributed by atoms with Gasteiger partial charge in [0.25, 0.3) is 17.9 Å². The number of hydrogen-bond donors (Lipinski definition) is 6. The summed E-state index contributed by atoms with van der Waals surface area (Å²) in [6, 6.07) is 0. The van der Waals surface area contributed by atoms with Crippen molar-refractivity contribution in [1.29, 1.82) is 0 Å². The first kappa shape index (κ1) is 45.1. The van der Waals surface area contributed by atoms with E-state index in [0.717, 1.165) is 48.5 Å². The summed E-state index contributed by atoms with van der Waals surface area (Å²) >= 11 is 0. The van der Waals surface area contributed by atoms with Crippen molar-refractivity contribution in [3.63, 3.8) is 0 Å². The van der Waals surface area contributed by atoms with Crippen LogP contribution in [-0.4, -0.2) is 147 Å². The van der Waals surface area contributed by atoms with Crippen molar-refractivity contribution in [2.24, 2.45) is 0 Å². The maximum absolute atomic E-state index is 13.8. The first-order chi connectivity index (χ1) is 21.5. The van der Waals surface area contributed by atoms with E-state index in [4.69, 9.17) is 62.9 Å². The molecule has 0 aliphatic carbocycles. The van der Waals surface area contributed by atoms with Gasteiger partial charge in [0.2, 0.25) is 6.36 Å². The van der Waals surface area contributed by atoms with E-state index in [0.29, 0.717) is 0 Å². The molecule has 0 spiro atoms. The first-order valence-electron chi connectivity index (χ1n) is 13.4. The highest BCUT2D eigenvalue weighted by Gasteiger charge is 2.55. The van der Waals surface area contributed by atoms with Crippen LogP contribution in [0.3, 0.4) is 0 Å². The van der Waals surface area contributed by atoms with Gasteiger partial charge in [-0.1, -0.05) is 0 Å². The number of hydrogen-bond acceptors (Lipinski definition) is 17. The van der Waals surface area contributed by atoms with Crippen LogP contribution in [0.1, 0.15) is 48.5 Å². The molecule has 0 amide bonds. The molecule has 0 aromatic carbocycles. The third-order valence-corrected chi connectivity index (χ3v) is 5.05. The van der Waals surface area contributed by atoms with Crippen LogP contribution in [0.25, 0.3) is 0 Å². The molecule has 0 saturated carbocycles. The maximum atomic E-state index is 13.8. The Hall–Kier alpha value is -4.02. The molecule has 10 atom stereocenters. The minimum absolute atomic E-state index is 0.528. The summed E-state index contributed by atoms with van der Waals surface area (Å²) in [5.41, 5.74) is 0. The Bertz CT molecular complexity index is 1010. The van der Waals surface area contributed by atoms with Crippen molar-refractivity contribution in [2.75, 3.05) is 13.2 Å². The van der Waals surface area contributed by atoms with Crippen molar-refractivity contribution in [3.05, 3.63) is 0 Å². The van der Waals surface area contributed by atoms with Crippen LogP contribution in [-0.2, 0) is 66.7 Å². The third kappa shape index (κ3) is 19.3. The molecule has 0 aromatic heterocycles. The topological polar surface area (TPSA) is 305 Å². The molecule has 0 radical (unpaired) electrons. The molecule has 6 N–H and O–H groups in total. The zero-order valence-corrected chi connectivity index (χ0v) is 26.5. The largest absolute Gasteiger partial charge is 0.481 e. The number of carbonyl (C=O) groups excluding carboxylic acids is 4. The van der Waals surface area contributed by atoms with Gasteiger partial charge >= 0.3 is 23.9 Å². The van der Waals surface area contributed by atoms with Crippen molar-refractivity contribution in [3.8, 4) is 0 Å². The standard InChI is InChI=1S/C20H29FO14.3C2H4O2/c1-7(23)29-6-12-16(30-8(2)24)17(31-9(3)25)18(32-10(4)26)20(34-12)35-15-11(5-22)33-19(21)14(28)13(15)27;3*1-2(3)4/h11-20,22,27-28H,5-6H2,1-4H3;3*1H3,(H,3,4)/t11-,12-,13-,14-,15-,16-,17+,18-,19-,20-;;;/m1.../s1. The molecular formula is C26H41FO20. The van der Waals surface area contributed by atoms with E-state index in [9.17, 15) is 38.9 Å². The Labute approximate surface area is 267 Å². The predicted octanol–water partition coefficient (Wildman–Crippen LogP) is -1.86. The van der Waals surface area contributed by atoms with Gasteiger partial charge in [-0.25, -0.2) is 4.39 Å². The number of carboxylic acid groups (broad SMARTS) is 3. The van der Waals surface area contributed by atoms with E-state index >= 15 is 0 Å². The predicted molar refractivity (Wildman–Crippen MR) is 146 cm³/mol. The fraction of sp³-hybridized carbons (Fsp3) is 0.731. The first-order valence-corrected chi connectivity index (χ1v) is 13.4. The van der Waals surface area contributed by atoms with Gasteiger partial charge in [-0.2, -0.15) is 0 Å². The number of rotatable bonds is 8. The molecule has 2 aliphatic heterocycles. The van der Waals surface area contributed by atoms with E-state index in [1.54, 1.807) is 0 Å². The van der Waals surface area contributed by atoms with E-state index in [-0.39, 0.29) is 0 Å². The fourth-order valence-corrected chi connectivity index (χ4v) is 3.66. The monoisotopic (exact) mass is 692 g/mol. The molecule has 47 heavy (non-hydrogen) atoms. The van der Waals surface area contributed by atoms with Gasteiger partial charge in [-0.3, -0.25) is 33.6 Å². The molecule has 0 unspecified atom stereocenters. The molecule has 272 valence electrons. The number of halogens is 1. The molecule has 2 rings (SSSR count). The van der Waals surface area contributed by atoms with Crippen LogP contribution in [0, 0.1) is 0 Å². The van der Waals surface area contributed by atoms with Crippen LogP contribution in [0.2, 0.25) is 0 Å². The summed E-state index contributed by atoms with van der Waals surface area (Å²) in [4.78, 5) is 73.8. The SMILES string of the molecule is CC(=O)O.CC(=O)O.CC(=O)O.CC(=O)OC[C@H]1O[C@H](O[C@H]2[C@H](O)[C@@H](O)[C@H](F)O[C@@H]2CO)[C@H](OC(C)=O)[C@@H](OC(C)=O)[C@@H]1OC(C)=O. The molecule has 20 nitrogen and oxygen atoms in total. The van der Waals surface area contributed by atoms with E-state index in [1.165, 1.54) is 0 Å². The van der Waals surface area contributed by atoms with E-state index in [2.05, 4.69) is 0 Å². The third-order valence-electron chi connectivity index (χ3n) is 5.05. The van der Waals surface area contributed by atoms with Crippen LogP contribution >= 0.6 is 0 Å². The molecule has 2 aliphatic rings. The number of aliphatic hydroxyl groups is 3. The lowest BCUT2D eigenvalue weighted by atomic mass is 9.96. The maximum Gasteiger partial charge on any atom is 0.303 e. The molecule has 2 fully saturated rings. The van der Waals surface area contributed by atoms with Gasteiger partial charge in [-0.15, -0.1) is 0 Å². The highest BCUT2D eigenvalue weighted by atomic mass is 19.1. The van der Waals surface area contributed by atoms with Crippen molar-refractivity contribution < 1.29 is 102 Å². The minimum atomic E-state index is -2.34. The van der Waals surface area contributed by atoms with Crippen LogP contribution in [0.15, 0.2) is 0 Å². The van der Waals surface area contributed by atoms with E-state index in [1.807, 2.05) is 0 Å². The van der Waals surface area contributed by atoms with Gasteiger partial charge in [0, 0.05) is 48.5 Å². The summed E-state index contributed by atoms with van der Waals surface area (Å²) in [5.74, 6) is -5.83. The number of ether oxygens (including phenoxy) is 7. The van der Waals surface area contributed by atoms with Gasteiger partial charge in [-0.05, 0) is 0 Å². The van der Waals surface area contributed by atoms with Gasteiger partial charge in [0.05, 0.1) is 6.61 Å². The van der Waals surface area contributed by atoms with Crippen LogP contribution < -0.4 is 0 Å². The van der Waals surface area contributed by atoms with Crippen molar-refractivity contribution in [2.45, 2.75) is 110 Å². The number of carboxylic acids is 3. The highest BCUT2D eigenvalue weighted by molar-refractivity contribution is 5.69. The number of esters is 4. The second-order valence-electron chi connectivity index (χ2n) is 9.41. The molecule has 2 saturated heterocycles. The second-order valence-corrected chi connectivity index (χ2v) is 9.41. The summed E-state index contributed by atoms with van der Waals surface area (Å²) in [5, 5.41) is 52.0. The quantitative estimate of drug-likeness (QED) is 0.120. The zero-order valence-electron chi connectivity index (χ0n) is 26.5. The Morgan fingerprint density at radius 3 is 1.38 bits per heavy atom. The average molecular weight is 693 g/mol. The summed E-state index contributed by atoms with van der Waals surface area (Å²) < 4.78 is 50.6. The van der Waals surface area contributed by atoms with Crippen LogP contribution in [0.4, 0.5) is 4.39 Å². The zero-order chi connectivity index (χ0) is 37.2. The number of aliphatic hydroxyl groups excluding tert-OH is 3. The average Bonchev–Trinajstić information content (AvgIpc) is 2.89. The molecule has 0 aromatic rings. The summed E-state index contributed by atoms with van der Waals surface area (Å²) in [6.07, 6.45) is -17.1. The molecular weight excluding hydrogens is 651 g/mol. The second kappa shape index (κ2) is 22.5. The van der Waals surface area contributed by atoms with Crippen LogP contribution in [0.5, 0.6) is 0 Å². The van der Waals surface area contributed by atoms with E-state index < -0.39 is 116 Å². The lowest BCUT2D eigenvalue weighted by molar-refractivity contribution is -0.350. The fourth-order valence-electron chi connectivity index (χ4n) is 3.66. The van der Waals surface area contributed by atoms with Gasteiger partial charge < -0.3 is 63.8 Å². The number of aliphatic carboxylic acids is 3. The molecule has 21 heteroatoms. The van der Waals surface area contributed by atoms with Crippen molar-refractivity contribution >= 4 is 41.8 Å². The Balaban J connectivity index is 0. The Morgan fingerprint density at radius 2 is 1.00 bits per heavy atom. The van der Waals surface area contributed by atoms with Gasteiger partial charge in [0.15, 0.2) is 24.6 Å².